The first-order valence-corrected chi connectivity index (χ1v) is 6.71. The molecule has 0 atom stereocenters. The van der Waals surface area contributed by atoms with Crippen LogP contribution in [0.25, 0.3) is 22.0 Å². The van der Waals surface area contributed by atoms with Crippen LogP contribution in [0.3, 0.4) is 0 Å². The highest BCUT2D eigenvalue weighted by Gasteiger charge is 2.10. The lowest BCUT2D eigenvalue weighted by molar-refractivity contribution is 0.386. The topological polar surface area (TPSA) is 47.9 Å². The zero-order valence-corrected chi connectivity index (χ0v) is 11.4. The Kier molecular flexibility index (Phi) is 3.39. The molecule has 20 heavy (non-hydrogen) atoms. The molecule has 3 aromatic rings. The molecule has 100 valence electrons. The van der Waals surface area contributed by atoms with Crippen LogP contribution in [0.5, 0.6) is 5.75 Å². The maximum Gasteiger partial charge on any atom is 0.165 e. The summed E-state index contributed by atoms with van der Waals surface area (Å²) in [5.74, 6) is -0.183. The lowest BCUT2D eigenvalue weighted by Gasteiger charge is -2.02. The molecule has 2 aromatic heterocycles. The fourth-order valence-electron chi connectivity index (χ4n) is 1.76. The van der Waals surface area contributed by atoms with Gasteiger partial charge in [-0.05, 0) is 18.2 Å². The van der Waals surface area contributed by atoms with Crippen molar-refractivity contribution in [2.45, 2.75) is 0 Å². The van der Waals surface area contributed by atoms with Crippen molar-refractivity contribution in [1.82, 2.24) is 15.0 Å². The third kappa shape index (κ3) is 2.37. The average molecular weight is 287 g/mol. The van der Waals surface area contributed by atoms with Crippen molar-refractivity contribution in [2.75, 3.05) is 7.11 Å². The summed E-state index contributed by atoms with van der Waals surface area (Å²) in [5, 5.41) is 2.62. The van der Waals surface area contributed by atoms with Gasteiger partial charge in [-0.15, -0.1) is 11.3 Å². The molecule has 0 aliphatic carbocycles. The van der Waals surface area contributed by atoms with Crippen LogP contribution in [0.15, 0.2) is 42.2 Å². The fraction of sp³-hybridized carbons (Fsp3) is 0.0714. The largest absolute Gasteiger partial charge is 0.494 e. The minimum absolute atomic E-state index is 0.220. The van der Waals surface area contributed by atoms with Crippen LogP contribution in [0.1, 0.15) is 0 Å². The molecule has 0 bridgehead atoms. The predicted molar refractivity (Wildman–Crippen MR) is 75.1 cm³/mol. The summed E-state index contributed by atoms with van der Waals surface area (Å²) >= 11 is 1.45. The second-order valence-electron chi connectivity index (χ2n) is 3.98. The molecule has 0 spiro atoms. The number of methoxy groups -OCH3 is 1. The van der Waals surface area contributed by atoms with Gasteiger partial charge >= 0.3 is 0 Å². The number of hydrogen-bond acceptors (Lipinski definition) is 5. The Morgan fingerprint density at radius 1 is 1.20 bits per heavy atom. The van der Waals surface area contributed by atoms with E-state index in [1.807, 2.05) is 5.38 Å². The predicted octanol–water partition coefficient (Wildman–Crippen LogP) is 3.41. The van der Waals surface area contributed by atoms with Crippen molar-refractivity contribution in [3.63, 3.8) is 0 Å². The molecular weight excluding hydrogens is 277 g/mol. The van der Waals surface area contributed by atoms with Gasteiger partial charge in [0.25, 0.3) is 0 Å². The highest BCUT2D eigenvalue weighted by molar-refractivity contribution is 7.13. The van der Waals surface area contributed by atoms with E-state index < -0.39 is 5.82 Å². The third-order valence-electron chi connectivity index (χ3n) is 2.73. The minimum atomic E-state index is -0.404. The average Bonchev–Trinajstić information content (AvgIpc) is 2.98. The first kappa shape index (κ1) is 12.7. The lowest BCUT2D eigenvalue weighted by Crippen LogP contribution is -1.89. The van der Waals surface area contributed by atoms with E-state index in [4.69, 9.17) is 4.74 Å². The van der Waals surface area contributed by atoms with Gasteiger partial charge in [0.1, 0.15) is 10.7 Å². The Morgan fingerprint density at radius 2 is 2.10 bits per heavy atom. The Hall–Kier alpha value is -2.34. The molecule has 0 saturated carbocycles. The molecule has 0 amide bonds. The van der Waals surface area contributed by atoms with Crippen molar-refractivity contribution in [3.8, 4) is 27.7 Å². The van der Waals surface area contributed by atoms with Crippen LogP contribution >= 0.6 is 11.3 Å². The second-order valence-corrected chi connectivity index (χ2v) is 4.84. The SMILES string of the molecule is COc1ccc(-c2csc(-c3cnccn3)n2)cc1F. The highest BCUT2D eigenvalue weighted by Crippen LogP contribution is 2.29. The maximum absolute atomic E-state index is 13.7. The molecule has 0 aliphatic rings. The van der Waals surface area contributed by atoms with E-state index >= 15 is 0 Å². The molecule has 3 rings (SSSR count). The Morgan fingerprint density at radius 3 is 2.80 bits per heavy atom. The van der Waals surface area contributed by atoms with Gasteiger partial charge in [0.15, 0.2) is 11.6 Å². The molecule has 4 nitrogen and oxygen atoms in total. The summed E-state index contributed by atoms with van der Waals surface area (Å²) in [6.45, 7) is 0. The van der Waals surface area contributed by atoms with Crippen molar-refractivity contribution in [2.24, 2.45) is 0 Å². The third-order valence-corrected chi connectivity index (χ3v) is 3.60. The number of aromatic nitrogens is 3. The van der Waals surface area contributed by atoms with Crippen molar-refractivity contribution in [3.05, 3.63) is 48.0 Å². The number of ether oxygens (including phenoxy) is 1. The van der Waals surface area contributed by atoms with Crippen LogP contribution in [0.4, 0.5) is 4.39 Å². The number of benzene rings is 1. The monoisotopic (exact) mass is 287 g/mol. The van der Waals surface area contributed by atoms with Gasteiger partial charge in [-0.1, -0.05) is 0 Å². The minimum Gasteiger partial charge on any atom is -0.494 e. The van der Waals surface area contributed by atoms with Crippen molar-refractivity contribution < 1.29 is 9.13 Å². The molecule has 0 aliphatic heterocycles. The van der Waals surface area contributed by atoms with Crippen LogP contribution in [-0.4, -0.2) is 22.1 Å². The van der Waals surface area contributed by atoms with Gasteiger partial charge < -0.3 is 4.74 Å². The van der Waals surface area contributed by atoms with Crippen LogP contribution in [-0.2, 0) is 0 Å². The molecule has 6 heteroatoms. The molecule has 1 aromatic carbocycles. The number of hydrogen-bond donors (Lipinski definition) is 0. The second kappa shape index (κ2) is 5.34. The first-order valence-electron chi connectivity index (χ1n) is 5.84. The molecular formula is C14H10FN3OS. The number of halogens is 1. The number of thiazole rings is 1. The van der Waals surface area contributed by atoms with Gasteiger partial charge in [0, 0.05) is 23.3 Å². The number of nitrogens with zero attached hydrogens (tertiary/aromatic N) is 3. The highest BCUT2D eigenvalue weighted by atomic mass is 32.1. The molecule has 2 heterocycles. The molecule has 0 radical (unpaired) electrons. The van der Waals surface area contributed by atoms with Gasteiger partial charge in [0.2, 0.25) is 0 Å². The Balaban J connectivity index is 1.96. The molecule has 0 fully saturated rings. The zero-order chi connectivity index (χ0) is 13.9. The van der Waals surface area contributed by atoms with Gasteiger partial charge in [0.05, 0.1) is 19.0 Å². The van der Waals surface area contributed by atoms with Crippen molar-refractivity contribution in [1.29, 1.82) is 0 Å². The van der Waals surface area contributed by atoms with Crippen LogP contribution < -0.4 is 4.74 Å². The number of rotatable bonds is 3. The van der Waals surface area contributed by atoms with E-state index in [9.17, 15) is 4.39 Å². The molecule has 0 N–H and O–H groups in total. The summed E-state index contributed by atoms with van der Waals surface area (Å²) < 4.78 is 18.6. The van der Waals surface area contributed by atoms with E-state index in [0.29, 0.717) is 17.0 Å². The Bertz CT molecular complexity index is 730. The smallest absolute Gasteiger partial charge is 0.165 e. The summed E-state index contributed by atoms with van der Waals surface area (Å²) in [7, 11) is 1.44. The first-order chi connectivity index (χ1) is 9.78. The summed E-state index contributed by atoms with van der Waals surface area (Å²) in [6.07, 6.45) is 4.87. The standard InChI is InChI=1S/C14H10FN3OS/c1-19-13-3-2-9(6-10(13)15)12-8-20-14(18-12)11-7-16-4-5-17-11/h2-8H,1H3. The van der Waals surface area contributed by atoms with Crippen LogP contribution in [0.2, 0.25) is 0 Å². The Labute approximate surface area is 118 Å². The van der Waals surface area contributed by atoms with Gasteiger partial charge in [-0.3, -0.25) is 9.97 Å². The fourth-order valence-corrected chi connectivity index (χ4v) is 2.55. The zero-order valence-electron chi connectivity index (χ0n) is 10.6. The van der Waals surface area contributed by atoms with Gasteiger partial charge in [-0.2, -0.15) is 0 Å². The van der Waals surface area contributed by atoms with Crippen LogP contribution in [0, 0.1) is 5.82 Å². The quantitative estimate of drug-likeness (QED) is 0.740. The summed E-state index contributed by atoms with van der Waals surface area (Å²) in [4.78, 5) is 12.7. The summed E-state index contributed by atoms with van der Waals surface area (Å²) in [5.41, 5.74) is 2.12. The van der Waals surface area contributed by atoms with E-state index in [-0.39, 0.29) is 5.75 Å². The van der Waals surface area contributed by atoms with E-state index in [0.717, 1.165) is 5.01 Å². The molecule has 0 saturated heterocycles. The van der Waals surface area contributed by atoms with Gasteiger partial charge in [-0.25, -0.2) is 9.37 Å². The maximum atomic E-state index is 13.7. The van der Waals surface area contributed by atoms with E-state index in [2.05, 4.69) is 15.0 Å². The molecule has 0 unspecified atom stereocenters. The lowest BCUT2D eigenvalue weighted by atomic mass is 10.1. The van der Waals surface area contributed by atoms with E-state index in [1.54, 1.807) is 30.7 Å². The normalized spacial score (nSPS) is 10.5. The summed E-state index contributed by atoms with van der Waals surface area (Å²) in [6, 6.07) is 4.78. The van der Waals surface area contributed by atoms with E-state index in [1.165, 1.54) is 24.5 Å². The van der Waals surface area contributed by atoms with Crippen molar-refractivity contribution >= 4 is 11.3 Å².